The van der Waals surface area contributed by atoms with Crippen molar-refractivity contribution in [2.45, 2.75) is 91.3 Å². The predicted molar refractivity (Wildman–Crippen MR) is 86.8 cm³/mol. The third kappa shape index (κ3) is 4.54. The van der Waals surface area contributed by atoms with Crippen LogP contribution in [0.3, 0.4) is 0 Å². The molecule has 0 spiro atoms. The van der Waals surface area contributed by atoms with Crippen LogP contribution in [0.25, 0.3) is 0 Å². The van der Waals surface area contributed by atoms with Gasteiger partial charge in [-0.1, -0.05) is 41.0 Å². The first-order valence-corrected chi connectivity index (χ1v) is 8.82. The van der Waals surface area contributed by atoms with E-state index < -0.39 is 47.3 Å². The highest BCUT2D eigenvalue weighted by atomic mass is 19.4. The van der Waals surface area contributed by atoms with Crippen LogP contribution >= 0.6 is 0 Å². The van der Waals surface area contributed by atoms with Gasteiger partial charge in [-0.05, 0) is 30.6 Å². The molecule has 1 fully saturated rings. The van der Waals surface area contributed by atoms with Crippen LogP contribution in [0.1, 0.15) is 67.2 Å². The predicted octanol–water partition coefficient (Wildman–Crippen LogP) is 5.41. The van der Waals surface area contributed by atoms with E-state index in [-0.39, 0.29) is 5.41 Å². The summed E-state index contributed by atoms with van der Waals surface area (Å²) in [6.45, 7) is 10.4. The highest BCUT2D eigenvalue weighted by molar-refractivity contribution is 5.82. The summed E-state index contributed by atoms with van der Waals surface area (Å²) in [7, 11) is 0. The van der Waals surface area contributed by atoms with Gasteiger partial charge in [0.1, 0.15) is 6.10 Å². The molecule has 1 rings (SSSR count). The van der Waals surface area contributed by atoms with Gasteiger partial charge in [0.15, 0.2) is 0 Å². The molecule has 1 aliphatic carbocycles. The smallest absolute Gasteiger partial charge is 0.426 e. The SMILES string of the molecule is CCC(C)(C)CC1(C(=O)OC(C)CC(O)(C(F)(F)F)C(F)(F)F)CC1(C)C. The summed E-state index contributed by atoms with van der Waals surface area (Å²) < 4.78 is 81.9. The average molecular weight is 406 g/mol. The van der Waals surface area contributed by atoms with E-state index in [1.807, 2.05) is 34.6 Å². The molecule has 2 unspecified atom stereocenters. The summed E-state index contributed by atoms with van der Waals surface area (Å²) in [6.07, 6.45) is -13.8. The number of ether oxygens (including phenoxy) is 1. The Hall–Kier alpha value is -0.990. The van der Waals surface area contributed by atoms with E-state index in [2.05, 4.69) is 0 Å². The summed E-state index contributed by atoms with van der Waals surface area (Å²) in [5.41, 5.74) is -6.58. The molecule has 0 radical (unpaired) electrons. The fourth-order valence-electron chi connectivity index (χ4n) is 3.52. The summed E-state index contributed by atoms with van der Waals surface area (Å²) in [4.78, 5) is 12.7. The molecule has 0 amide bonds. The topological polar surface area (TPSA) is 46.5 Å². The number of aliphatic hydroxyl groups is 1. The second-order valence-electron chi connectivity index (χ2n) is 9.11. The van der Waals surface area contributed by atoms with Gasteiger partial charge < -0.3 is 9.84 Å². The number of carbonyl (C=O) groups excluding carboxylic acids is 1. The molecule has 0 aromatic rings. The minimum atomic E-state index is -5.94. The van der Waals surface area contributed by atoms with E-state index >= 15 is 0 Å². The first-order valence-electron chi connectivity index (χ1n) is 8.82. The molecule has 0 aliphatic heterocycles. The van der Waals surface area contributed by atoms with E-state index in [1.54, 1.807) is 0 Å². The number of rotatable bonds is 7. The van der Waals surface area contributed by atoms with Gasteiger partial charge in [-0.3, -0.25) is 4.79 Å². The van der Waals surface area contributed by atoms with Crippen LogP contribution in [0.5, 0.6) is 0 Å². The van der Waals surface area contributed by atoms with Gasteiger partial charge in [0.25, 0.3) is 5.60 Å². The molecule has 160 valence electrons. The minimum Gasteiger partial charge on any atom is -0.462 e. The maximum atomic E-state index is 12.8. The molecular weight excluding hydrogens is 378 g/mol. The molecule has 27 heavy (non-hydrogen) atoms. The van der Waals surface area contributed by atoms with E-state index in [1.165, 1.54) is 0 Å². The first kappa shape index (κ1) is 24.0. The van der Waals surface area contributed by atoms with Crippen molar-refractivity contribution in [3.63, 3.8) is 0 Å². The molecule has 0 aromatic heterocycles. The summed E-state index contributed by atoms with van der Waals surface area (Å²) in [5, 5.41) is 9.27. The van der Waals surface area contributed by atoms with E-state index in [4.69, 9.17) is 4.74 Å². The zero-order valence-electron chi connectivity index (χ0n) is 16.4. The minimum absolute atomic E-state index is 0.241. The van der Waals surface area contributed by atoms with Crippen molar-refractivity contribution in [1.82, 2.24) is 0 Å². The third-order valence-corrected chi connectivity index (χ3v) is 5.87. The van der Waals surface area contributed by atoms with Crippen molar-refractivity contribution in [1.29, 1.82) is 0 Å². The monoisotopic (exact) mass is 406 g/mol. The highest BCUT2D eigenvalue weighted by Crippen LogP contribution is 2.68. The largest absolute Gasteiger partial charge is 0.462 e. The van der Waals surface area contributed by atoms with Gasteiger partial charge in [0, 0.05) is 6.42 Å². The van der Waals surface area contributed by atoms with Crippen molar-refractivity contribution in [3.05, 3.63) is 0 Å². The van der Waals surface area contributed by atoms with Crippen LogP contribution in [0.15, 0.2) is 0 Å². The number of alkyl halides is 6. The number of esters is 1. The van der Waals surface area contributed by atoms with Crippen LogP contribution in [0.4, 0.5) is 26.3 Å². The Balaban J connectivity index is 2.98. The number of hydrogen-bond acceptors (Lipinski definition) is 3. The van der Waals surface area contributed by atoms with Gasteiger partial charge in [-0.25, -0.2) is 0 Å². The van der Waals surface area contributed by atoms with Crippen molar-refractivity contribution in [3.8, 4) is 0 Å². The molecule has 2 atom stereocenters. The average Bonchev–Trinajstić information content (AvgIpc) is 2.97. The second-order valence-corrected chi connectivity index (χ2v) is 9.11. The van der Waals surface area contributed by atoms with Gasteiger partial charge in [-0.15, -0.1) is 0 Å². The van der Waals surface area contributed by atoms with Crippen LogP contribution in [-0.4, -0.2) is 35.1 Å². The maximum Gasteiger partial charge on any atom is 0.426 e. The molecule has 3 nitrogen and oxygen atoms in total. The Morgan fingerprint density at radius 2 is 1.52 bits per heavy atom. The lowest BCUT2D eigenvalue weighted by Gasteiger charge is -2.35. The van der Waals surface area contributed by atoms with Gasteiger partial charge >= 0.3 is 18.3 Å². The second kappa shape index (κ2) is 6.81. The molecule has 1 saturated carbocycles. The maximum absolute atomic E-state index is 12.8. The fourth-order valence-corrected chi connectivity index (χ4v) is 3.52. The van der Waals surface area contributed by atoms with Crippen LogP contribution in [0.2, 0.25) is 0 Å². The third-order valence-electron chi connectivity index (χ3n) is 5.87. The van der Waals surface area contributed by atoms with E-state index in [9.17, 15) is 36.2 Å². The van der Waals surface area contributed by atoms with E-state index in [0.29, 0.717) is 12.8 Å². The lowest BCUT2D eigenvalue weighted by molar-refractivity contribution is -0.373. The number of halogens is 6. The normalized spacial score (nSPS) is 24.5. The van der Waals surface area contributed by atoms with Gasteiger partial charge in [-0.2, -0.15) is 26.3 Å². The Morgan fingerprint density at radius 3 is 1.81 bits per heavy atom. The Morgan fingerprint density at radius 1 is 1.11 bits per heavy atom. The Bertz CT molecular complexity index is 550. The molecular formula is C18H28F6O3. The molecule has 0 aromatic carbocycles. The lowest BCUT2D eigenvalue weighted by Crippen LogP contribution is -2.58. The Labute approximate surface area is 155 Å². The quantitative estimate of drug-likeness (QED) is 0.454. The molecule has 0 saturated heterocycles. The van der Waals surface area contributed by atoms with Crippen LogP contribution < -0.4 is 0 Å². The van der Waals surface area contributed by atoms with Crippen LogP contribution in [-0.2, 0) is 9.53 Å². The van der Waals surface area contributed by atoms with Crippen molar-refractivity contribution in [2.75, 3.05) is 0 Å². The molecule has 0 bridgehead atoms. The standard InChI is InChI=1S/C18H28F6O3/c1-7-13(3,4)9-15(10-14(15,5)6)12(25)27-11(2)8-16(26,17(19,20)21)18(22,23)24/h11,26H,7-10H2,1-6H3. The molecule has 9 heteroatoms. The number of hydrogen-bond donors (Lipinski definition) is 1. The van der Waals surface area contributed by atoms with Crippen LogP contribution in [0, 0.1) is 16.2 Å². The molecule has 1 aliphatic rings. The highest BCUT2D eigenvalue weighted by Gasteiger charge is 2.71. The number of carbonyl (C=O) groups is 1. The summed E-state index contributed by atoms with van der Waals surface area (Å²) in [5.74, 6) is -0.812. The van der Waals surface area contributed by atoms with Gasteiger partial charge in [0.05, 0.1) is 5.41 Å². The first-order chi connectivity index (χ1) is 11.7. The molecule has 1 N–H and O–H groups in total. The summed E-state index contributed by atoms with van der Waals surface area (Å²) in [6, 6.07) is 0. The molecule has 0 heterocycles. The van der Waals surface area contributed by atoms with Crippen molar-refractivity contribution >= 4 is 5.97 Å². The van der Waals surface area contributed by atoms with Crippen molar-refractivity contribution in [2.24, 2.45) is 16.2 Å². The van der Waals surface area contributed by atoms with Gasteiger partial charge in [0.2, 0.25) is 0 Å². The van der Waals surface area contributed by atoms with Crippen molar-refractivity contribution < 1.29 is 41.0 Å². The lowest BCUT2D eigenvalue weighted by atomic mass is 9.76. The summed E-state index contributed by atoms with van der Waals surface area (Å²) >= 11 is 0. The zero-order valence-corrected chi connectivity index (χ0v) is 16.4. The Kier molecular flexibility index (Phi) is 6.07. The fraction of sp³-hybridized carbons (Fsp3) is 0.944. The zero-order chi connectivity index (χ0) is 21.7. The van der Waals surface area contributed by atoms with E-state index in [0.717, 1.165) is 13.3 Å².